The Bertz CT molecular complexity index is 34.5. The molecule has 0 rings (SSSR count). The second-order valence-corrected chi connectivity index (χ2v) is 0.338. The molecule has 0 unspecified atom stereocenters. The Labute approximate surface area is 33.5 Å². The number of primary amides is 1. The van der Waals surface area contributed by atoms with Gasteiger partial charge in [-0.15, -0.1) is 4.48 Å². The van der Waals surface area contributed by atoms with Gasteiger partial charge in [0.1, 0.15) is 0 Å². The fourth-order valence-electron chi connectivity index (χ4n) is 0. The molecule has 4 nitrogen and oxygen atoms in total. The van der Waals surface area contributed by atoms with Crippen molar-refractivity contribution in [2.45, 2.75) is 0 Å². The second kappa shape index (κ2) is 8.90. The summed E-state index contributed by atoms with van der Waals surface area (Å²) < 4.78 is 9.00. The number of carboxylic acid groups (broad SMARTS) is 1. The lowest BCUT2D eigenvalue weighted by Crippen LogP contribution is -2.03. The monoisotopic (exact) mass is 96.0 g/mol. The van der Waals surface area contributed by atoms with Gasteiger partial charge >= 0.3 is 6.09 Å². The average Bonchev–Trinajstić information content (AvgIpc) is 1.41. The van der Waals surface area contributed by atoms with Crippen molar-refractivity contribution in [3.63, 3.8) is 0 Å². The maximum atomic E-state index is 9.00. The fraction of sp³-hybridized carbons (Fsp3) is 0. The smallest absolute Gasteiger partial charge is 0.402 e. The Kier molecular flexibility index (Phi) is 13.3. The normalized spacial score (nSPS) is 5.00. The number of halogens is 1. The molecule has 0 heterocycles. The molecule has 0 aromatic heterocycles. The number of amides is 1. The average molecular weight is 96.1 g/mol. The lowest BCUT2D eigenvalue weighted by molar-refractivity contribution is 0.205. The summed E-state index contributed by atoms with van der Waals surface area (Å²) in [4.78, 5) is 8.78. The summed E-state index contributed by atoms with van der Waals surface area (Å²) in [5, 5.41) is 7.19. The van der Waals surface area contributed by atoms with Crippen LogP contribution in [0.1, 0.15) is 0 Å². The maximum absolute atomic E-state index is 9.00. The van der Waals surface area contributed by atoms with Crippen LogP contribution in [0.25, 0.3) is 0 Å². The van der Waals surface area contributed by atoms with Gasteiger partial charge in [0.25, 0.3) is 0 Å². The standard InChI is InChI=1S/CH3NO2.FH2N/c2-1(3)4;1-2/h2H2,(H,3,4);2H2. The van der Waals surface area contributed by atoms with Crippen LogP contribution in [0.15, 0.2) is 0 Å². The van der Waals surface area contributed by atoms with Gasteiger partial charge < -0.3 is 10.8 Å². The Morgan fingerprint density at radius 2 is 1.67 bits per heavy atom. The van der Waals surface area contributed by atoms with Crippen LogP contribution in [0.2, 0.25) is 0 Å². The molecule has 0 aliphatic rings. The summed E-state index contributed by atoms with van der Waals surface area (Å²) >= 11 is 0. The summed E-state index contributed by atoms with van der Waals surface area (Å²) in [6.45, 7) is 0. The van der Waals surface area contributed by atoms with E-state index in [1.165, 1.54) is 0 Å². The van der Waals surface area contributed by atoms with Crippen LogP contribution in [-0.4, -0.2) is 11.2 Å². The molecule has 0 atom stereocenters. The van der Waals surface area contributed by atoms with E-state index >= 15 is 0 Å². The van der Waals surface area contributed by atoms with Gasteiger partial charge in [-0.3, -0.25) is 0 Å². The lowest BCUT2D eigenvalue weighted by Gasteiger charge is -1.61. The first kappa shape index (κ1) is 8.94. The molecule has 5 heteroatoms. The van der Waals surface area contributed by atoms with Crippen LogP contribution in [0.3, 0.4) is 0 Å². The Balaban J connectivity index is 0. The van der Waals surface area contributed by atoms with Crippen LogP contribution in [-0.2, 0) is 0 Å². The molecular formula is CH5FN2O2. The molecule has 0 aromatic rings. The van der Waals surface area contributed by atoms with E-state index in [2.05, 4.69) is 11.7 Å². The molecule has 0 aliphatic heterocycles. The zero-order valence-electron chi connectivity index (χ0n) is 2.89. The van der Waals surface area contributed by atoms with Crippen molar-refractivity contribution in [3.05, 3.63) is 0 Å². The van der Waals surface area contributed by atoms with E-state index in [1.54, 1.807) is 0 Å². The molecule has 0 fully saturated rings. The molecule has 0 spiro atoms. The molecule has 0 radical (unpaired) electrons. The second-order valence-electron chi connectivity index (χ2n) is 0.338. The highest BCUT2D eigenvalue weighted by molar-refractivity contribution is 5.61. The fourth-order valence-corrected chi connectivity index (χ4v) is 0. The summed E-state index contributed by atoms with van der Waals surface area (Å²) in [6.07, 6.45) is -1.33. The number of carbonyl (C=O) groups is 1. The number of nitrogens with two attached hydrogens (primary N) is 2. The van der Waals surface area contributed by atoms with Crippen molar-refractivity contribution in [1.29, 1.82) is 0 Å². The van der Waals surface area contributed by atoms with Gasteiger partial charge in [0.15, 0.2) is 0 Å². The zero-order chi connectivity index (χ0) is 5.58. The van der Waals surface area contributed by atoms with Crippen LogP contribution in [0.4, 0.5) is 9.28 Å². The van der Waals surface area contributed by atoms with Gasteiger partial charge in [-0.1, -0.05) is 0 Å². The molecule has 0 saturated heterocycles. The summed E-state index contributed by atoms with van der Waals surface area (Å²) in [5.41, 5.74) is 4.03. The van der Waals surface area contributed by atoms with Crippen LogP contribution in [0.5, 0.6) is 0 Å². The third-order valence-corrected chi connectivity index (χ3v) is 0. The molecule has 6 heavy (non-hydrogen) atoms. The summed E-state index contributed by atoms with van der Waals surface area (Å²) in [7, 11) is 0. The van der Waals surface area contributed by atoms with Gasteiger partial charge in [0.2, 0.25) is 0 Å². The van der Waals surface area contributed by atoms with E-state index in [-0.39, 0.29) is 0 Å². The van der Waals surface area contributed by atoms with Crippen LogP contribution in [0, 0.1) is 0 Å². The van der Waals surface area contributed by atoms with Crippen molar-refractivity contribution >= 4 is 6.09 Å². The molecule has 0 bridgehead atoms. The highest BCUT2D eigenvalue weighted by atomic mass is 19.2. The molecule has 1 amide bonds. The maximum Gasteiger partial charge on any atom is 0.402 e. The zero-order valence-corrected chi connectivity index (χ0v) is 2.89. The van der Waals surface area contributed by atoms with Crippen molar-refractivity contribution in [2.75, 3.05) is 0 Å². The largest absolute Gasteiger partial charge is 0.465 e. The third kappa shape index (κ3) is 20.9. The first-order chi connectivity index (χ1) is 2.73. The first-order valence-electron chi connectivity index (χ1n) is 0.935. The van der Waals surface area contributed by atoms with Gasteiger partial charge in [-0.05, 0) is 0 Å². The minimum Gasteiger partial charge on any atom is -0.465 e. The molecule has 0 saturated carbocycles. The third-order valence-electron chi connectivity index (χ3n) is 0. The predicted molar refractivity (Wildman–Crippen MR) is 17.5 cm³/mol. The van der Waals surface area contributed by atoms with E-state index in [4.69, 9.17) is 14.4 Å². The molecule has 0 aliphatic carbocycles. The summed E-state index contributed by atoms with van der Waals surface area (Å²) in [6, 6.07) is 0. The number of rotatable bonds is 0. The lowest BCUT2D eigenvalue weighted by atomic mass is 11.3. The van der Waals surface area contributed by atoms with Crippen LogP contribution < -0.4 is 11.7 Å². The molecule has 0 aromatic carbocycles. The highest BCUT2D eigenvalue weighted by Gasteiger charge is 1.65. The van der Waals surface area contributed by atoms with Gasteiger partial charge in [0, 0.05) is 0 Å². The highest BCUT2D eigenvalue weighted by Crippen LogP contribution is 1.34. The van der Waals surface area contributed by atoms with E-state index in [1.807, 2.05) is 0 Å². The minimum atomic E-state index is -1.33. The van der Waals surface area contributed by atoms with Gasteiger partial charge in [-0.2, -0.15) is 5.96 Å². The Morgan fingerprint density at radius 3 is 1.67 bits per heavy atom. The first-order valence-corrected chi connectivity index (χ1v) is 0.935. The number of hydrogen-bond donors (Lipinski definition) is 3. The molecule has 5 N–H and O–H groups in total. The van der Waals surface area contributed by atoms with Crippen molar-refractivity contribution < 1.29 is 14.4 Å². The van der Waals surface area contributed by atoms with Crippen molar-refractivity contribution in [2.24, 2.45) is 11.7 Å². The SMILES string of the molecule is NC(=O)O.NF. The quantitative estimate of drug-likeness (QED) is 0.353. The van der Waals surface area contributed by atoms with E-state index in [0.29, 0.717) is 0 Å². The number of hydrogen-bond acceptors (Lipinski definition) is 2. The van der Waals surface area contributed by atoms with Gasteiger partial charge in [0.05, 0.1) is 0 Å². The predicted octanol–water partition coefficient (Wildman–Crippen LogP) is -0.547. The van der Waals surface area contributed by atoms with Crippen molar-refractivity contribution in [1.82, 2.24) is 0 Å². The molecule has 38 valence electrons. The Hall–Kier alpha value is -0.840. The van der Waals surface area contributed by atoms with E-state index in [0.717, 1.165) is 0 Å². The van der Waals surface area contributed by atoms with E-state index < -0.39 is 6.09 Å². The topological polar surface area (TPSA) is 89.3 Å². The van der Waals surface area contributed by atoms with Crippen molar-refractivity contribution in [3.8, 4) is 0 Å². The van der Waals surface area contributed by atoms with Gasteiger partial charge in [-0.25, -0.2) is 4.79 Å². The van der Waals surface area contributed by atoms with E-state index in [9.17, 15) is 0 Å². The summed E-state index contributed by atoms with van der Waals surface area (Å²) in [5.74, 6) is 3.00. The molecular weight excluding hydrogens is 91.0 g/mol. The van der Waals surface area contributed by atoms with Crippen LogP contribution >= 0.6 is 0 Å². The Morgan fingerprint density at radius 1 is 1.67 bits per heavy atom. The minimum absolute atomic E-state index is 1.33.